The summed E-state index contributed by atoms with van der Waals surface area (Å²) in [6, 6.07) is 4.03. The number of aromatic nitrogens is 5. The van der Waals surface area contributed by atoms with E-state index in [0.29, 0.717) is 18.3 Å². The van der Waals surface area contributed by atoms with E-state index in [2.05, 4.69) is 34.1 Å². The standard InChI is InChI=1S/C19H25N7O/c1-11(2)26-10-15(16-5-6-21-19(24-16)23-8-13(4)27)17(25-26)14-7-12(3)18(20)22-9-14/h5-7,9-11,13,27H,8H2,1-4H3,(H2,20,22)(H,21,23,24)/t13-/m0/s1. The highest BCUT2D eigenvalue weighted by molar-refractivity contribution is 5.79. The van der Waals surface area contributed by atoms with Crippen LogP contribution in [-0.2, 0) is 0 Å². The minimum absolute atomic E-state index is 0.204. The van der Waals surface area contributed by atoms with Gasteiger partial charge in [-0.1, -0.05) is 0 Å². The number of hydrogen-bond acceptors (Lipinski definition) is 7. The monoisotopic (exact) mass is 367 g/mol. The molecule has 3 rings (SSSR count). The van der Waals surface area contributed by atoms with Gasteiger partial charge in [-0.25, -0.2) is 15.0 Å². The van der Waals surface area contributed by atoms with Gasteiger partial charge in [-0.15, -0.1) is 0 Å². The van der Waals surface area contributed by atoms with Crippen LogP contribution in [0.25, 0.3) is 22.5 Å². The number of nitrogen functional groups attached to an aromatic ring is 1. The molecule has 3 aromatic rings. The van der Waals surface area contributed by atoms with Crippen LogP contribution in [0.1, 0.15) is 32.4 Å². The van der Waals surface area contributed by atoms with Crippen LogP contribution >= 0.6 is 0 Å². The van der Waals surface area contributed by atoms with E-state index in [1.165, 1.54) is 0 Å². The molecular weight excluding hydrogens is 342 g/mol. The van der Waals surface area contributed by atoms with Gasteiger partial charge in [0.25, 0.3) is 0 Å². The Morgan fingerprint density at radius 1 is 1.26 bits per heavy atom. The van der Waals surface area contributed by atoms with Crippen LogP contribution in [0.5, 0.6) is 0 Å². The molecule has 27 heavy (non-hydrogen) atoms. The van der Waals surface area contributed by atoms with Gasteiger partial charge in [0, 0.05) is 42.3 Å². The van der Waals surface area contributed by atoms with E-state index in [-0.39, 0.29) is 6.04 Å². The van der Waals surface area contributed by atoms with Gasteiger partial charge in [-0.3, -0.25) is 4.68 Å². The third kappa shape index (κ3) is 4.22. The molecule has 3 heterocycles. The minimum Gasteiger partial charge on any atom is -0.392 e. The predicted octanol–water partition coefficient (Wildman–Crippen LogP) is 2.67. The number of pyridine rings is 1. The average Bonchev–Trinajstić information content (AvgIpc) is 3.08. The van der Waals surface area contributed by atoms with Gasteiger partial charge in [-0.2, -0.15) is 5.10 Å². The number of nitrogens with one attached hydrogen (secondary N) is 1. The molecule has 0 saturated carbocycles. The lowest BCUT2D eigenvalue weighted by atomic mass is 10.1. The topological polar surface area (TPSA) is 115 Å². The number of aliphatic hydroxyl groups is 1. The molecule has 8 heteroatoms. The summed E-state index contributed by atoms with van der Waals surface area (Å²) in [7, 11) is 0. The zero-order valence-electron chi connectivity index (χ0n) is 16.0. The number of nitrogens with zero attached hydrogens (tertiary/aromatic N) is 5. The zero-order valence-corrected chi connectivity index (χ0v) is 16.0. The summed E-state index contributed by atoms with van der Waals surface area (Å²) in [6.07, 6.45) is 4.91. The summed E-state index contributed by atoms with van der Waals surface area (Å²) < 4.78 is 1.90. The highest BCUT2D eigenvalue weighted by atomic mass is 16.3. The van der Waals surface area contributed by atoms with Crippen molar-refractivity contribution in [2.24, 2.45) is 0 Å². The summed E-state index contributed by atoms with van der Waals surface area (Å²) in [5.41, 5.74) is 10.1. The van der Waals surface area contributed by atoms with E-state index < -0.39 is 6.10 Å². The molecule has 0 unspecified atom stereocenters. The molecule has 8 nitrogen and oxygen atoms in total. The van der Waals surface area contributed by atoms with E-state index in [9.17, 15) is 5.11 Å². The van der Waals surface area contributed by atoms with Crippen LogP contribution in [0.15, 0.2) is 30.7 Å². The van der Waals surface area contributed by atoms with Crippen molar-refractivity contribution in [2.45, 2.75) is 39.8 Å². The van der Waals surface area contributed by atoms with Gasteiger partial charge in [0.05, 0.1) is 11.8 Å². The number of hydrogen-bond donors (Lipinski definition) is 3. The highest BCUT2D eigenvalue weighted by Crippen LogP contribution is 2.32. The molecular formula is C19H25N7O. The Labute approximate surface area is 158 Å². The lowest BCUT2D eigenvalue weighted by Crippen LogP contribution is -2.16. The molecule has 0 bridgehead atoms. The number of nitrogens with two attached hydrogens (primary N) is 1. The smallest absolute Gasteiger partial charge is 0.223 e. The maximum absolute atomic E-state index is 9.46. The fourth-order valence-corrected chi connectivity index (χ4v) is 2.60. The number of rotatable bonds is 6. The maximum atomic E-state index is 9.46. The number of aliphatic hydroxyl groups excluding tert-OH is 1. The van der Waals surface area contributed by atoms with E-state index in [0.717, 1.165) is 28.1 Å². The molecule has 0 aliphatic heterocycles. The van der Waals surface area contributed by atoms with Gasteiger partial charge in [-0.05, 0) is 45.4 Å². The first-order valence-electron chi connectivity index (χ1n) is 8.92. The van der Waals surface area contributed by atoms with Crippen molar-refractivity contribution in [2.75, 3.05) is 17.6 Å². The SMILES string of the molecule is Cc1cc(-c2nn(C(C)C)cc2-c2ccnc(NC[C@H](C)O)n2)cnc1N. The molecule has 0 aliphatic carbocycles. The summed E-state index contributed by atoms with van der Waals surface area (Å²) in [5, 5.41) is 17.2. The highest BCUT2D eigenvalue weighted by Gasteiger charge is 2.17. The van der Waals surface area contributed by atoms with Gasteiger partial charge in [0.2, 0.25) is 5.95 Å². The quantitative estimate of drug-likeness (QED) is 0.613. The lowest BCUT2D eigenvalue weighted by Gasteiger charge is -2.08. The van der Waals surface area contributed by atoms with Crippen molar-refractivity contribution in [3.63, 3.8) is 0 Å². The first kappa shape index (κ1) is 18.8. The molecule has 0 aromatic carbocycles. The molecule has 1 atom stereocenters. The van der Waals surface area contributed by atoms with Crippen molar-refractivity contribution >= 4 is 11.8 Å². The zero-order chi connectivity index (χ0) is 19.6. The molecule has 0 spiro atoms. The van der Waals surface area contributed by atoms with Crippen molar-refractivity contribution in [1.82, 2.24) is 24.7 Å². The van der Waals surface area contributed by atoms with Crippen molar-refractivity contribution in [1.29, 1.82) is 0 Å². The van der Waals surface area contributed by atoms with Crippen molar-refractivity contribution in [3.8, 4) is 22.5 Å². The maximum Gasteiger partial charge on any atom is 0.223 e. The number of aryl methyl sites for hydroxylation is 1. The number of anilines is 2. The Balaban J connectivity index is 2.06. The largest absolute Gasteiger partial charge is 0.392 e. The second-order valence-corrected chi connectivity index (χ2v) is 6.89. The Morgan fingerprint density at radius 3 is 2.70 bits per heavy atom. The normalized spacial score (nSPS) is 12.4. The molecule has 3 aromatic heterocycles. The van der Waals surface area contributed by atoms with E-state index in [4.69, 9.17) is 10.8 Å². The van der Waals surface area contributed by atoms with Crippen LogP contribution in [0, 0.1) is 6.92 Å². The summed E-state index contributed by atoms with van der Waals surface area (Å²) in [4.78, 5) is 13.1. The van der Waals surface area contributed by atoms with Crippen LogP contribution in [0.2, 0.25) is 0 Å². The van der Waals surface area contributed by atoms with Crippen molar-refractivity contribution < 1.29 is 5.11 Å². The fraction of sp³-hybridized carbons (Fsp3) is 0.368. The molecule has 0 radical (unpaired) electrons. The second kappa shape index (κ2) is 7.71. The van der Waals surface area contributed by atoms with Crippen LogP contribution in [0.3, 0.4) is 0 Å². The first-order chi connectivity index (χ1) is 12.8. The van der Waals surface area contributed by atoms with Gasteiger partial charge in [0.1, 0.15) is 11.5 Å². The second-order valence-electron chi connectivity index (χ2n) is 6.89. The van der Waals surface area contributed by atoms with E-state index in [1.54, 1.807) is 19.3 Å². The summed E-state index contributed by atoms with van der Waals surface area (Å²) in [5.74, 6) is 0.971. The Bertz CT molecular complexity index is 934. The van der Waals surface area contributed by atoms with Gasteiger partial charge >= 0.3 is 0 Å². The summed E-state index contributed by atoms with van der Waals surface area (Å²) in [6.45, 7) is 8.15. The predicted molar refractivity (Wildman–Crippen MR) is 106 cm³/mol. The summed E-state index contributed by atoms with van der Waals surface area (Å²) >= 11 is 0. The lowest BCUT2D eigenvalue weighted by molar-refractivity contribution is 0.208. The van der Waals surface area contributed by atoms with E-state index in [1.807, 2.05) is 29.9 Å². The molecule has 4 N–H and O–H groups in total. The van der Waals surface area contributed by atoms with Crippen molar-refractivity contribution in [3.05, 3.63) is 36.3 Å². The third-order valence-corrected chi connectivity index (χ3v) is 4.14. The Hall–Kier alpha value is -3.00. The van der Waals surface area contributed by atoms with Crippen LogP contribution in [-0.4, -0.2) is 42.5 Å². The minimum atomic E-state index is -0.486. The average molecular weight is 367 g/mol. The van der Waals surface area contributed by atoms with E-state index >= 15 is 0 Å². The Morgan fingerprint density at radius 2 is 2.04 bits per heavy atom. The molecule has 0 aliphatic rings. The molecule has 0 fully saturated rings. The molecule has 142 valence electrons. The first-order valence-corrected chi connectivity index (χ1v) is 8.92. The third-order valence-electron chi connectivity index (χ3n) is 4.14. The molecule has 0 amide bonds. The van der Waals surface area contributed by atoms with Crippen LogP contribution in [0.4, 0.5) is 11.8 Å². The fourth-order valence-electron chi connectivity index (χ4n) is 2.60. The van der Waals surface area contributed by atoms with Crippen LogP contribution < -0.4 is 11.1 Å². The van der Waals surface area contributed by atoms with Gasteiger partial charge in [0.15, 0.2) is 0 Å². The Kier molecular flexibility index (Phi) is 5.36. The molecule has 0 saturated heterocycles. The van der Waals surface area contributed by atoms with Gasteiger partial charge < -0.3 is 16.2 Å².